The van der Waals surface area contributed by atoms with Gasteiger partial charge in [-0.25, -0.2) is 39.9 Å². The Morgan fingerprint density at radius 3 is 0.925 bits per heavy atom. The third-order valence-electron chi connectivity index (χ3n) is 28.4. The first-order valence-corrected chi connectivity index (χ1v) is 50.0. The lowest BCUT2D eigenvalue weighted by Gasteiger charge is -2.28. The van der Waals surface area contributed by atoms with Crippen molar-refractivity contribution in [3.63, 3.8) is 0 Å². The average molecular weight is 1890 g/mol. The summed E-state index contributed by atoms with van der Waals surface area (Å²) in [5.41, 5.74) is 64.7. The topological polar surface area (TPSA) is 478 Å². The monoisotopic (exact) mass is 1890 g/mol. The highest BCUT2D eigenvalue weighted by Crippen LogP contribution is 2.43. The number of rotatable bonds is 16. The van der Waals surface area contributed by atoms with Crippen LogP contribution in [-0.2, 0) is 70.3 Å². The summed E-state index contributed by atoms with van der Waals surface area (Å²) in [5, 5.41) is 16.1. The van der Waals surface area contributed by atoms with E-state index >= 15 is 0 Å². The van der Waals surface area contributed by atoms with Gasteiger partial charge in [0.1, 0.15) is 73.3 Å². The number of pyridine rings is 8. The van der Waals surface area contributed by atoms with Gasteiger partial charge >= 0.3 is 0 Å². The number of thiophene rings is 4. The molecule has 22 rings (SSSR count). The molecule has 2 spiro atoms. The van der Waals surface area contributed by atoms with Gasteiger partial charge < -0.3 is 106 Å². The molecular weight excluding hydrogens is 1770 g/mol. The van der Waals surface area contributed by atoms with Crippen LogP contribution in [0.5, 0.6) is 0 Å². The van der Waals surface area contributed by atoms with Gasteiger partial charge in [0.2, 0.25) is 0 Å². The molecule has 0 unspecified atom stereocenters. The Bertz CT molecular complexity index is 6110. The van der Waals surface area contributed by atoms with E-state index in [-0.39, 0.29) is 82.2 Å². The maximum Gasteiger partial charge on any atom is 0.263 e. The molecule has 12 aromatic rings. The lowest BCUT2D eigenvalue weighted by Crippen LogP contribution is -2.46. The zero-order valence-electron chi connectivity index (χ0n) is 76.8. The number of hydrogen-bond donors (Lipinski definition) is 12. The molecule has 12 aromatic heterocycles. The Balaban J connectivity index is 0.000000115. The second kappa shape index (κ2) is 37.9. The number of ether oxygens (including phenoxy) is 4. The Morgan fingerprint density at radius 1 is 0.388 bits per heavy atom. The van der Waals surface area contributed by atoms with Gasteiger partial charge in [-0.3, -0.25) is 19.2 Å². The Hall–Kier alpha value is -11.0. The highest BCUT2D eigenvalue weighted by Gasteiger charge is 2.50. The molecule has 6 fully saturated rings. The van der Waals surface area contributed by atoms with E-state index in [9.17, 15) is 19.2 Å². The van der Waals surface area contributed by atoms with E-state index < -0.39 is 0 Å². The van der Waals surface area contributed by atoms with E-state index in [1.807, 2.05) is 76.2 Å². The van der Waals surface area contributed by atoms with Gasteiger partial charge in [-0.1, -0.05) is 24.3 Å². The second-order valence-corrected chi connectivity index (χ2v) is 42.3. The van der Waals surface area contributed by atoms with Gasteiger partial charge in [-0.15, -0.1) is 45.3 Å². The summed E-state index contributed by atoms with van der Waals surface area (Å²) in [6.45, 7) is 16.9. The van der Waals surface area contributed by atoms with Crippen molar-refractivity contribution in [3.8, 4) is 0 Å². The van der Waals surface area contributed by atoms with Crippen molar-refractivity contribution in [2.24, 2.45) is 22.9 Å². The number of amides is 4. The van der Waals surface area contributed by atoms with Gasteiger partial charge in [0.25, 0.3) is 23.6 Å². The minimum Gasteiger partial charge on any atom is -0.397 e. The maximum absolute atomic E-state index is 13.0. The molecule has 6 aliphatic heterocycles. The number of methoxy groups -OCH3 is 2. The quantitative estimate of drug-likeness (QED) is 0.0428. The fourth-order valence-electron chi connectivity index (χ4n) is 21.1. The van der Waals surface area contributed by atoms with E-state index in [0.717, 1.165) is 291 Å². The average Bonchev–Trinajstić information content (AvgIpc) is 1.61. The lowest BCUT2D eigenvalue weighted by molar-refractivity contribution is 0.0106. The molecule has 0 aromatic carbocycles. The number of nitrogens with two attached hydrogens (primary N) is 8. The third kappa shape index (κ3) is 19.0. The highest BCUT2D eigenvalue weighted by molar-refractivity contribution is 7.22. The Labute approximate surface area is 794 Å². The number of anilines is 8. The standard InChI is InChI=1S/2C25H30N6O2S.2C24H30N6O2S/c2*1-14-3-6-17-21(27)22(34-24(17)28-14)23(32)29-16-5-7-18-15(11-16)4-8-20(30-18)31-12-19(26)25(13-31)9-2-10-33-25;2*1-14-3-6-17-20(25)21(33-23(17)27-14)22(31)28-16-5-7-18-15(11-16)4-8-19(29-18)30-10-9-24(26,12-30)13-32-2/h2*3-4,6,8,16,19H,2,5,7,9-13,26-27H2,1H3,(H,29,32);2*3-4,6,8,16H,5,7,9-13,25-26H2,1-2H3,(H,28,31)/t16-,19+,25-;16-,19-,25-;16-,24+;16-,24-/m0000/s1. The molecule has 18 heterocycles. The molecule has 20 N–H and O–H groups in total. The van der Waals surface area contributed by atoms with Gasteiger partial charge in [-0.2, -0.15) is 0 Å². The van der Waals surface area contributed by atoms with E-state index in [0.29, 0.717) is 55.5 Å². The molecule has 0 saturated carbocycles. The van der Waals surface area contributed by atoms with Gasteiger partial charge in [0, 0.05) is 158 Å². The summed E-state index contributed by atoms with van der Waals surface area (Å²) in [7, 11) is 3.38. The maximum atomic E-state index is 13.0. The highest BCUT2D eigenvalue weighted by atomic mass is 32.1. The molecule has 10 atom stereocenters. The molecule has 0 bridgehead atoms. The number of carbonyl (C=O) groups excluding carboxylic acids is 4. The molecule has 4 amide bonds. The van der Waals surface area contributed by atoms with Crippen molar-refractivity contribution in [3.05, 3.63) is 184 Å². The number of nitrogens with zero attached hydrogens (tertiary/aromatic N) is 12. The van der Waals surface area contributed by atoms with Gasteiger partial charge in [0.15, 0.2) is 0 Å². The normalized spacial score (nSPS) is 24.5. The van der Waals surface area contributed by atoms with Crippen LogP contribution in [0, 0.1) is 27.7 Å². The molecule has 134 heavy (non-hydrogen) atoms. The van der Waals surface area contributed by atoms with Crippen LogP contribution in [-0.4, -0.2) is 215 Å². The first kappa shape index (κ1) is 92.1. The minimum absolute atomic E-state index is 0.0212. The van der Waals surface area contributed by atoms with Crippen molar-refractivity contribution < 1.29 is 38.1 Å². The van der Waals surface area contributed by atoms with Crippen molar-refractivity contribution in [2.45, 2.75) is 202 Å². The predicted molar refractivity (Wildman–Crippen MR) is 533 cm³/mol. The fraction of sp³-hybridized carbons (Fsp3) is 0.469. The molecule has 10 aliphatic rings. The molecular formula is C98H120N24O8S4. The van der Waals surface area contributed by atoms with Crippen molar-refractivity contribution in [1.29, 1.82) is 0 Å². The largest absolute Gasteiger partial charge is 0.397 e. The smallest absolute Gasteiger partial charge is 0.263 e. The van der Waals surface area contributed by atoms with Crippen LogP contribution in [0.2, 0.25) is 0 Å². The molecule has 0 radical (unpaired) electrons. The van der Waals surface area contributed by atoms with Gasteiger partial charge in [-0.05, 0) is 238 Å². The summed E-state index contributed by atoms with van der Waals surface area (Å²) in [5.74, 6) is 3.41. The summed E-state index contributed by atoms with van der Waals surface area (Å²) in [4.78, 5) is 104. The van der Waals surface area contributed by atoms with E-state index in [4.69, 9.17) is 84.8 Å². The lowest BCUT2D eigenvalue weighted by atomic mass is 9.91. The van der Waals surface area contributed by atoms with Crippen molar-refractivity contribution in [2.75, 3.05) is 136 Å². The van der Waals surface area contributed by atoms with Crippen LogP contribution in [0.3, 0.4) is 0 Å². The van der Waals surface area contributed by atoms with Crippen LogP contribution in [0.15, 0.2) is 97.1 Å². The number of hydrogen-bond acceptors (Lipinski definition) is 32. The van der Waals surface area contributed by atoms with E-state index in [1.54, 1.807) is 14.2 Å². The first-order valence-electron chi connectivity index (χ1n) is 46.7. The molecule has 32 nitrogen and oxygen atoms in total. The van der Waals surface area contributed by atoms with Crippen LogP contribution < -0.4 is 86.7 Å². The first-order chi connectivity index (χ1) is 64.5. The number of nitrogens with one attached hydrogen (secondary N) is 4. The summed E-state index contributed by atoms with van der Waals surface area (Å²) >= 11 is 5.42. The summed E-state index contributed by atoms with van der Waals surface area (Å²) in [6, 6.07) is 32.6. The molecule has 6 saturated heterocycles. The molecule has 704 valence electrons. The number of aromatic nitrogens is 8. The number of nitrogen functional groups attached to an aromatic ring is 4. The van der Waals surface area contributed by atoms with Crippen LogP contribution in [0.25, 0.3) is 40.9 Å². The SMILES string of the molecule is COC[C@@]1(N)CCN(c2ccc3c(n2)CC[C@H](NC(=O)c2sc4nc(C)ccc4c2N)C3)C1.COC[C@]1(N)CCN(c2ccc3c(n2)CC[C@H](NC(=O)c2sc4nc(C)ccc4c2N)C3)C1.Cc1ccc2c(N)c(C(=O)N[C@H]3CCc4nc(N5C[C@@H](N)[C@]6(CCCO6)C5)ccc4C3)sc2n1.Cc1ccc2c(N)c(C(=O)N[C@H]3CCc4nc(N5C[C@H](N)[C@]6(CCCO6)C5)ccc4C3)sc2n1. The summed E-state index contributed by atoms with van der Waals surface area (Å²) in [6.07, 6.45) is 15.8. The fourth-order valence-corrected chi connectivity index (χ4v) is 25.2. The minimum atomic E-state index is -0.315. The van der Waals surface area contributed by atoms with Crippen LogP contribution >= 0.6 is 45.3 Å². The van der Waals surface area contributed by atoms with E-state index in [2.05, 4.69) is 109 Å². The predicted octanol–water partition coefficient (Wildman–Crippen LogP) is 9.98. The van der Waals surface area contributed by atoms with Crippen LogP contribution in [0.4, 0.5) is 46.0 Å². The van der Waals surface area contributed by atoms with Gasteiger partial charge in [0.05, 0.1) is 72.2 Å². The number of aryl methyl sites for hydroxylation is 8. The Morgan fingerprint density at radius 2 is 0.664 bits per heavy atom. The number of carbonyl (C=O) groups is 4. The zero-order valence-corrected chi connectivity index (χ0v) is 80.1. The zero-order chi connectivity index (χ0) is 93.2. The van der Waals surface area contributed by atoms with Crippen molar-refractivity contribution >= 4 is 156 Å². The Kier molecular flexibility index (Phi) is 26.1. The van der Waals surface area contributed by atoms with Crippen molar-refractivity contribution in [1.82, 2.24) is 61.1 Å². The third-order valence-corrected chi connectivity index (χ3v) is 32.9. The number of fused-ring (bicyclic) bond motifs is 8. The van der Waals surface area contributed by atoms with E-state index in [1.165, 1.54) is 67.6 Å². The van der Waals surface area contributed by atoms with Crippen LogP contribution in [0.1, 0.15) is 171 Å². The summed E-state index contributed by atoms with van der Waals surface area (Å²) < 4.78 is 22.7. The molecule has 36 heteroatoms. The molecule has 4 aliphatic carbocycles. The second-order valence-electron chi connectivity index (χ2n) is 38.3.